The lowest BCUT2D eigenvalue weighted by Gasteiger charge is -2.21. The summed E-state index contributed by atoms with van der Waals surface area (Å²) in [4.78, 5) is 15.1. The van der Waals surface area contributed by atoms with Crippen molar-refractivity contribution in [2.24, 2.45) is 0 Å². The van der Waals surface area contributed by atoms with E-state index in [4.69, 9.17) is 33.7 Å². The highest BCUT2D eigenvalue weighted by Gasteiger charge is 2.20. The van der Waals surface area contributed by atoms with E-state index in [1.165, 1.54) is 0 Å². The Bertz CT molecular complexity index is 1330. The number of aromatic nitrogens is 1. The first-order chi connectivity index (χ1) is 16.3. The molecular formula is C28H22Cl2N2O2. The second-order valence-electron chi connectivity index (χ2n) is 8.10. The van der Waals surface area contributed by atoms with Crippen LogP contribution in [0.25, 0.3) is 11.1 Å². The summed E-state index contributed by atoms with van der Waals surface area (Å²) in [5, 5.41) is 18.4. The molecule has 0 aliphatic rings. The molecule has 1 heterocycles. The predicted molar refractivity (Wildman–Crippen MR) is 138 cm³/mol. The Morgan fingerprint density at radius 1 is 0.882 bits per heavy atom. The number of aryl methyl sites for hydroxylation is 1. The van der Waals surface area contributed by atoms with Crippen LogP contribution in [0.4, 0.5) is 0 Å². The van der Waals surface area contributed by atoms with E-state index in [9.17, 15) is 4.79 Å². The number of carbonyl (C=O) groups is 1. The fourth-order valence-corrected chi connectivity index (χ4v) is 4.52. The Morgan fingerprint density at radius 3 is 2.00 bits per heavy atom. The molecule has 170 valence electrons. The normalized spacial score (nSPS) is 11.7. The molecule has 0 radical (unpaired) electrons. The van der Waals surface area contributed by atoms with E-state index in [2.05, 4.69) is 36.2 Å². The van der Waals surface area contributed by atoms with Crippen molar-refractivity contribution in [3.05, 3.63) is 123 Å². The van der Waals surface area contributed by atoms with E-state index < -0.39 is 5.97 Å². The summed E-state index contributed by atoms with van der Waals surface area (Å²) in [6, 6.07) is 26.5. The van der Waals surface area contributed by atoms with E-state index in [0.29, 0.717) is 17.7 Å². The standard InChI is InChI=1S/C28H22Cl2N2O2/c1-17-4-2-3-5-23(17)24(16-25(31)22-14-26(29)32-27(30)15-22)20-10-6-18(7-11-20)19-8-12-21(13-9-19)28(33)34/h2-15,24,31H,16H2,1H3,(H,33,34)/t24-/m1/s1. The van der Waals surface area contributed by atoms with E-state index in [1.54, 1.807) is 24.3 Å². The molecule has 3 aromatic carbocycles. The maximum absolute atomic E-state index is 11.1. The molecule has 0 unspecified atom stereocenters. The zero-order chi connectivity index (χ0) is 24.2. The maximum atomic E-state index is 11.1. The molecule has 6 heteroatoms. The van der Waals surface area contributed by atoms with Gasteiger partial charge in [-0.2, -0.15) is 0 Å². The number of nitrogens with zero attached hydrogens (tertiary/aromatic N) is 1. The molecule has 4 aromatic rings. The van der Waals surface area contributed by atoms with Gasteiger partial charge < -0.3 is 10.5 Å². The number of benzene rings is 3. The number of rotatable bonds is 7. The number of halogens is 2. The quantitative estimate of drug-likeness (QED) is 0.207. The van der Waals surface area contributed by atoms with Gasteiger partial charge in [-0.3, -0.25) is 0 Å². The fourth-order valence-electron chi connectivity index (χ4n) is 4.06. The highest BCUT2D eigenvalue weighted by atomic mass is 35.5. The van der Waals surface area contributed by atoms with Crippen molar-refractivity contribution in [1.82, 2.24) is 4.98 Å². The Labute approximate surface area is 208 Å². The van der Waals surface area contributed by atoms with E-state index in [1.807, 2.05) is 36.4 Å². The SMILES string of the molecule is Cc1ccccc1[C@H](CC(=N)c1cc(Cl)nc(Cl)c1)c1ccc(-c2ccc(C(=O)O)cc2)cc1. The first kappa shape index (κ1) is 23.7. The summed E-state index contributed by atoms with van der Waals surface area (Å²) in [5.74, 6) is -0.981. The molecule has 0 saturated heterocycles. The molecule has 0 saturated carbocycles. The van der Waals surface area contributed by atoms with Gasteiger partial charge in [-0.05, 0) is 59.0 Å². The van der Waals surface area contributed by atoms with Gasteiger partial charge in [-0.25, -0.2) is 9.78 Å². The van der Waals surface area contributed by atoms with Crippen molar-refractivity contribution in [2.45, 2.75) is 19.3 Å². The number of hydrogen-bond donors (Lipinski definition) is 2. The summed E-state index contributed by atoms with van der Waals surface area (Å²) in [7, 11) is 0. The predicted octanol–water partition coefficient (Wildman–Crippen LogP) is 7.65. The van der Waals surface area contributed by atoms with Gasteiger partial charge in [-0.1, -0.05) is 83.9 Å². The lowest BCUT2D eigenvalue weighted by Crippen LogP contribution is -2.11. The van der Waals surface area contributed by atoms with Crippen LogP contribution in [0.5, 0.6) is 0 Å². The fraction of sp³-hybridized carbons (Fsp3) is 0.107. The summed E-state index contributed by atoms with van der Waals surface area (Å²) < 4.78 is 0. The zero-order valence-corrected chi connectivity index (χ0v) is 19.9. The van der Waals surface area contributed by atoms with Crippen molar-refractivity contribution in [2.75, 3.05) is 0 Å². The van der Waals surface area contributed by atoms with Gasteiger partial charge in [0, 0.05) is 23.6 Å². The largest absolute Gasteiger partial charge is 0.478 e. The molecule has 4 nitrogen and oxygen atoms in total. The van der Waals surface area contributed by atoms with E-state index in [-0.39, 0.29) is 21.8 Å². The second kappa shape index (κ2) is 10.2. The monoisotopic (exact) mass is 488 g/mol. The van der Waals surface area contributed by atoms with Gasteiger partial charge in [-0.15, -0.1) is 0 Å². The van der Waals surface area contributed by atoms with Gasteiger partial charge in [0.15, 0.2) is 0 Å². The van der Waals surface area contributed by atoms with Crippen LogP contribution in [0.2, 0.25) is 10.3 Å². The average molecular weight is 489 g/mol. The van der Waals surface area contributed by atoms with Crippen molar-refractivity contribution in [1.29, 1.82) is 5.41 Å². The molecule has 0 aliphatic heterocycles. The lowest BCUT2D eigenvalue weighted by atomic mass is 9.83. The number of nitrogens with one attached hydrogen (secondary N) is 1. The first-order valence-electron chi connectivity index (χ1n) is 10.7. The molecular weight excluding hydrogens is 467 g/mol. The molecule has 0 spiro atoms. The van der Waals surface area contributed by atoms with Crippen LogP contribution in [0.1, 0.15) is 45.0 Å². The Kier molecular flexibility index (Phi) is 7.11. The highest BCUT2D eigenvalue weighted by molar-refractivity contribution is 6.33. The molecule has 34 heavy (non-hydrogen) atoms. The van der Waals surface area contributed by atoms with Gasteiger partial charge in [0.1, 0.15) is 10.3 Å². The Balaban J connectivity index is 1.67. The van der Waals surface area contributed by atoms with Crippen molar-refractivity contribution in [3.63, 3.8) is 0 Å². The summed E-state index contributed by atoms with van der Waals surface area (Å²) in [5.41, 5.74) is 6.65. The number of carboxylic acid groups (broad SMARTS) is 1. The molecule has 0 amide bonds. The minimum atomic E-state index is -0.942. The van der Waals surface area contributed by atoms with Gasteiger partial charge >= 0.3 is 5.97 Å². The molecule has 1 aromatic heterocycles. The van der Waals surface area contributed by atoms with E-state index >= 15 is 0 Å². The molecule has 2 N–H and O–H groups in total. The smallest absolute Gasteiger partial charge is 0.335 e. The summed E-state index contributed by atoms with van der Waals surface area (Å²) >= 11 is 12.1. The minimum absolute atomic E-state index is 0.0390. The van der Waals surface area contributed by atoms with Crippen LogP contribution in [-0.4, -0.2) is 21.8 Å². The number of pyridine rings is 1. The third-order valence-corrected chi connectivity index (χ3v) is 6.25. The zero-order valence-electron chi connectivity index (χ0n) is 18.4. The number of aromatic carboxylic acids is 1. The van der Waals surface area contributed by atoms with Crippen molar-refractivity contribution >= 4 is 34.9 Å². The molecule has 0 bridgehead atoms. The van der Waals surface area contributed by atoms with Crippen LogP contribution in [-0.2, 0) is 0 Å². The highest BCUT2D eigenvalue weighted by Crippen LogP contribution is 2.33. The van der Waals surface area contributed by atoms with E-state index in [0.717, 1.165) is 27.8 Å². The molecule has 4 rings (SSSR count). The second-order valence-corrected chi connectivity index (χ2v) is 8.87. The molecule has 1 atom stereocenters. The Hall–Kier alpha value is -3.47. The third kappa shape index (κ3) is 5.36. The summed E-state index contributed by atoms with van der Waals surface area (Å²) in [6.45, 7) is 2.07. The van der Waals surface area contributed by atoms with Crippen molar-refractivity contribution in [3.8, 4) is 11.1 Å². The third-order valence-electron chi connectivity index (χ3n) is 5.86. The number of carboxylic acids is 1. The van der Waals surface area contributed by atoms with Crippen molar-refractivity contribution < 1.29 is 9.90 Å². The van der Waals surface area contributed by atoms with Crippen LogP contribution in [0.3, 0.4) is 0 Å². The average Bonchev–Trinajstić information content (AvgIpc) is 2.82. The summed E-state index contributed by atoms with van der Waals surface area (Å²) in [6.07, 6.45) is 0.466. The lowest BCUT2D eigenvalue weighted by molar-refractivity contribution is 0.0697. The topological polar surface area (TPSA) is 74.0 Å². The minimum Gasteiger partial charge on any atom is -0.478 e. The van der Waals surface area contributed by atoms with Gasteiger partial charge in [0.05, 0.1) is 5.56 Å². The molecule has 0 fully saturated rings. The Morgan fingerprint density at radius 2 is 1.44 bits per heavy atom. The molecule has 0 aliphatic carbocycles. The van der Waals surface area contributed by atoms with Gasteiger partial charge in [0.2, 0.25) is 0 Å². The van der Waals surface area contributed by atoms with Gasteiger partial charge in [0.25, 0.3) is 0 Å². The van der Waals surface area contributed by atoms with Crippen LogP contribution < -0.4 is 0 Å². The first-order valence-corrected chi connectivity index (χ1v) is 11.5. The van der Waals surface area contributed by atoms with Crippen LogP contribution >= 0.6 is 23.2 Å². The maximum Gasteiger partial charge on any atom is 0.335 e. The van der Waals surface area contributed by atoms with Crippen LogP contribution in [0.15, 0.2) is 84.9 Å². The number of hydrogen-bond acceptors (Lipinski definition) is 3. The van der Waals surface area contributed by atoms with Crippen LogP contribution in [0, 0.1) is 12.3 Å².